The zero-order valence-electron chi connectivity index (χ0n) is 12.4. The highest BCUT2D eigenvalue weighted by atomic mass is 16.6. The quantitative estimate of drug-likeness (QED) is 0.580. The van der Waals surface area contributed by atoms with Gasteiger partial charge in [0.25, 0.3) is 5.91 Å². The normalized spacial score (nSPS) is 10.1. The number of rotatable bonds is 8. The molecule has 1 rings (SSSR count). The fourth-order valence-electron chi connectivity index (χ4n) is 1.89. The number of carbonyl (C=O) groups excluding carboxylic acids is 1. The summed E-state index contributed by atoms with van der Waals surface area (Å²) in [6.07, 6.45) is -0.182. The molecule has 1 aromatic carbocycles. The van der Waals surface area contributed by atoms with Crippen molar-refractivity contribution >= 4 is 17.6 Å². The summed E-state index contributed by atoms with van der Waals surface area (Å²) in [6, 6.07) is 3.96. The van der Waals surface area contributed by atoms with Crippen molar-refractivity contribution in [3.63, 3.8) is 0 Å². The highest BCUT2D eigenvalue weighted by Gasteiger charge is 2.21. The van der Waals surface area contributed by atoms with Gasteiger partial charge in [-0.1, -0.05) is 0 Å². The topological polar surface area (TPSA) is 110 Å². The number of amides is 1. The van der Waals surface area contributed by atoms with Crippen molar-refractivity contribution in [2.45, 2.75) is 20.3 Å². The first-order valence-electron chi connectivity index (χ1n) is 6.83. The van der Waals surface area contributed by atoms with Crippen LogP contribution in [0.2, 0.25) is 0 Å². The number of carboxylic acid groups (broad SMARTS) is 1. The first-order chi connectivity index (χ1) is 10.4. The molecule has 0 aliphatic carbocycles. The molecule has 1 N–H and O–H groups in total. The molecule has 0 saturated heterocycles. The van der Waals surface area contributed by atoms with Crippen LogP contribution in [-0.2, 0) is 4.79 Å². The Labute approximate surface area is 127 Å². The smallest absolute Gasteiger partial charge is 0.311 e. The zero-order chi connectivity index (χ0) is 16.7. The van der Waals surface area contributed by atoms with Crippen LogP contribution >= 0.6 is 0 Å². The number of nitro benzene ring substituents is 1. The monoisotopic (exact) mass is 310 g/mol. The molecule has 1 amide bonds. The summed E-state index contributed by atoms with van der Waals surface area (Å²) in [5.41, 5.74) is -0.163. The van der Waals surface area contributed by atoms with Gasteiger partial charge in [0, 0.05) is 24.7 Å². The summed E-state index contributed by atoms with van der Waals surface area (Å²) < 4.78 is 5.15. The number of nitrogens with zero attached hydrogens (tertiary/aromatic N) is 2. The third-order valence-corrected chi connectivity index (χ3v) is 2.97. The van der Waals surface area contributed by atoms with E-state index in [1.54, 1.807) is 13.8 Å². The van der Waals surface area contributed by atoms with Crippen molar-refractivity contribution < 1.29 is 24.4 Å². The number of hydrogen-bond donors (Lipinski definition) is 1. The molecule has 0 atom stereocenters. The predicted octanol–water partition coefficient (Wildman–Crippen LogP) is 1.93. The second-order valence-electron chi connectivity index (χ2n) is 4.40. The van der Waals surface area contributed by atoms with Crippen LogP contribution in [-0.4, -0.2) is 46.5 Å². The number of aliphatic carboxylic acids is 1. The summed E-state index contributed by atoms with van der Waals surface area (Å²) >= 11 is 0. The predicted molar refractivity (Wildman–Crippen MR) is 78.1 cm³/mol. The molecular formula is C14H18N2O6. The molecule has 8 heteroatoms. The van der Waals surface area contributed by atoms with Gasteiger partial charge in [-0.2, -0.15) is 0 Å². The molecule has 0 aliphatic heterocycles. The van der Waals surface area contributed by atoms with Gasteiger partial charge >= 0.3 is 11.7 Å². The average molecular weight is 310 g/mol. The molecule has 0 spiro atoms. The van der Waals surface area contributed by atoms with Crippen LogP contribution in [0.15, 0.2) is 18.2 Å². The van der Waals surface area contributed by atoms with E-state index in [4.69, 9.17) is 9.84 Å². The van der Waals surface area contributed by atoms with E-state index >= 15 is 0 Å². The molecule has 0 unspecified atom stereocenters. The van der Waals surface area contributed by atoms with Crippen LogP contribution < -0.4 is 4.74 Å². The van der Waals surface area contributed by atoms with Gasteiger partial charge in [0.15, 0.2) is 5.75 Å². The Morgan fingerprint density at radius 3 is 2.55 bits per heavy atom. The van der Waals surface area contributed by atoms with Crippen LogP contribution in [0.4, 0.5) is 5.69 Å². The van der Waals surface area contributed by atoms with Crippen LogP contribution in [0.5, 0.6) is 5.75 Å². The number of ether oxygens (including phenoxy) is 1. The fourth-order valence-corrected chi connectivity index (χ4v) is 1.89. The van der Waals surface area contributed by atoms with Gasteiger partial charge in [-0.25, -0.2) is 0 Å². The Bertz CT molecular complexity index is 572. The highest BCUT2D eigenvalue weighted by molar-refractivity contribution is 5.95. The maximum absolute atomic E-state index is 12.3. The Morgan fingerprint density at radius 2 is 2.05 bits per heavy atom. The molecule has 0 aliphatic rings. The summed E-state index contributed by atoms with van der Waals surface area (Å²) in [7, 11) is 0. The van der Waals surface area contributed by atoms with Crippen molar-refractivity contribution in [1.82, 2.24) is 4.90 Å². The summed E-state index contributed by atoms with van der Waals surface area (Å²) in [4.78, 5) is 34.7. The van der Waals surface area contributed by atoms with E-state index in [1.165, 1.54) is 17.0 Å². The maximum atomic E-state index is 12.3. The van der Waals surface area contributed by atoms with E-state index in [0.29, 0.717) is 6.54 Å². The lowest BCUT2D eigenvalue weighted by Crippen LogP contribution is -2.32. The van der Waals surface area contributed by atoms with Crippen molar-refractivity contribution in [1.29, 1.82) is 0 Å². The molecule has 8 nitrogen and oxygen atoms in total. The Hall–Kier alpha value is -2.64. The first kappa shape index (κ1) is 17.4. The van der Waals surface area contributed by atoms with Crippen LogP contribution in [0.1, 0.15) is 30.6 Å². The number of carbonyl (C=O) groups is 2. The first-order valence-corrected chi connectivity index (χ1v) is 6.83. The average Bonchev–Trinajstić information content (AvgIpc) is 2.47. The zero-order valence-corrected chi connectivity index (χ0v) is 12.4. The van der Waals surface area contributed by atoms with E-state index in [2.05, 4.69) is 0 Å². The largest absolute Gasteiger partial charge is 0.487 e. The van der Waals surface area contributed by atoms with E-state index in [9.17, 15) is 19.7 Å². The van der Waals surface area contributed by atoms with Gasteiger partial charge in [-0.3, -0.25) is 19.7 Å². The minimum absolute atomic E-state index is 0.0473. The van der Waals surface area contributed by atoms with Crippen molar-refractivity contribution in [2.75, 3.05) is 19.7 Å². The molecule has 0 fully saturated rings. The second-order valence-corrected chi connectivity index (χ2v) is 4.40. The molecule has 0 saturated carbocycles. The van der Waals surface area contributed by atoms with Crippen molar-refractivity contribution in [2.24, 2.45) is 0 Å². The van der Waals surface area contributed by atoms with Gasteiger partial charge in [0.2, 0.25) is 0 Å². The number of nitro groups is 1. The van der Waals surface area contributed by atoms with Gasteiger partial charge in [0.1, 0.15) is 0 Å². The van der Waals surface area contributed by atoms with E-state index < -0.39 is 16.8 Å². The molecular weight excluding hydrogens is 292 g/mol. The van der Waals surface area contributed by atoms with Crippen LogP contribution in [0, 0.1) is 10.1 Å². The van der Waals surface area contributed by atoms with Crippen LogP contribution in [0.25, 0.3) is 0 Å². The summed E-state index contributed by atoms with van der Waals surface area (Å²) in [5, 5.41) is 19.7. The van der Waals surface area contributed by atoms with E-state index in [-0.39, 0.29) is 36.6 Å². The van der Waals surface area contributed by atoms with Gasteiger partial charge < -0.3 is 14.7 Å². The SMILES string of the molecule is CCOc1ccc(C(=O)N(CC)CCC(=O)O)cc1[N+](=O)[O-]. The maximum Gasteiger partial charge on any atom is 0.311 e. The van der Waals surface area contributed by atoms with E-state index in [1.807, 2.05) is 0 Å². The molecule has 22 heavy (non-hydrogen) atoms. The van der Waals surface area contributed by atoms with Crippen LogP contribution in [0.3, 0.4) is 0 Å². The number of hydrogen-bond acceptors (Lipinski definition) is 5. The lowest BCUT2D eigenvalue weighted by molar-refractivity contribution is -0.385. The van der Waals surface area contributed by atoms with Crippen molar-refractivity contribution in [3.05, 3.63) is 33.9 Å². The molecule has 120 valence electrons. The van der Waals surface area contributed by atoms with Crippen molar-refractivity contribution in [3.8, 4) is 5.75 Å². The summed E-state index contributed by atoms with van der Waals surface area (Å²) in [6.45, 7) is 4.04. The molecule has 0 radical (unpaired) electrons. The highest BCUT2D eigenvalue weighted by Crippen LogP contribution is 2.28. The number of carboxylic acids is 1. The standard InChI is InChI=1S/C14H18N2O6/c1-3-15(8-7-13(17)18)14(19)10-5-6-12(22-4-2)11(9-10)16(20)21/h5-6,9H,3-4,7-8H2,1-2H3,(H,17,18). The van der Waals surface area contributed by atoms with E-state index in [0.717, 1.165) is 6.07 Å². The van der Waals surface area contributed by atoms with Gasteiger partial charge in [-0.05, 0) is 26.0 Å². The Kier molecular flexibility index (Phi) is 6.30. The van der Waals surface area contributed by atoms with Gasteiger partial charge in [-0.15, -0.1) is 0 Å². The second kappa shape index (κ2) is 7.96. The number of benzene rings is 1. The molecule has 0 heterocycles. The lowest BCUT2D eigenvalue weighted by atomic mass is 10.1. The minimum atomic E-state index is -1.01. The Morgan fingerprint density at radius 1 is 1.36 bits per heavy atom. The van der Waals surface area contributed by atoms with Gasteiger partial charge in [0.05, 0.1) is 18.0 Å². The lowest BCUT2D eigenvalue weighted by Gasteiger charge is -2.20. The summed E-state index contributed by atoms with van der Waals surface area (Å²) in [5.74, 6) is -1.36. The fraction of sp³-hybridized carbons (Fsp3) is 0.429. The molecule has 1 aromatic rings. The Balaban J connectivity index is 3.03. The minimum Gasteiger partial charge on any atom is -0.487 e. The third kappa shape index (κ3) is 4.44. The molecule has 0 aromatic heterocycles. The third-order valence-electron chi connectivity index (χ3n) is 2.97. The molecule has 0 bridgehead atoms.